The van der Waals surface area contributed by atoms with Crippen molar-refractivity contribution in [2.45, 2.75) is 31.4 Å². The van der Waals surface area contributed by atoms with E-state index in [-0.39, 0.29) is 12.6 Å². The van der Waals surface area contributed by atoms with E-state index in [0.717, 1.165) is 18.4 Å². The van der Waals surface area contributed by atoms with Crippen molar-refractivity contribution in [3.63, 3.8) is 0 Å². The van der Waals surface area contributed by atoms with E-state index in [1.54, 1.807) is 24.3 Å². The maximum absolute atomic E-state index is 11.5. The van der Waals surface area contributed by atoms with Crippen LogP contribution in [0.2, 0.25) is 0 Å². The fourth-order valence-electron chi connectivity index (χ4n) is 1.81. The van der Waals surface area contributed by atoms with Gasteiger partial charge in [0.2, 0.25) is 0 Å². The van der Waals surface area contributed by atoms with Gasteiger partial charge in [-0.1, -0.05) is 12.1 Å². The number of carbonyl (C=O) groups is 1. The van der Waals surface area contributed by atoms with Crippen molar-refractivity contribution in [1.29, 1.82) is 0 Å². The first kappa shape index (κ1) is 12.7. The zero-order valence-electron chi connectivity index (χ0n) is 10.2. The molecule has 2 amide bonds. The summed E-state index contributed by atoms with van der Waals surface area (Å²) >= 11 is 0. The Morgan fingerprint density at radius 3 is 2.61 bits per heavy atom. The van der Waals surface area contributed by atoms with Gasteiger partial charge in [-0.2, -0.15) is 0 Å². The number of nitrogen functional groups attached to an aromatic ring is 1. The van der Waals surface area contributed by atoms with Crippen LogP contribution >= 0.6 is 0 Å². The summed E-state index contributed by atoms with van der Waals surface area (Å²) in [6.07, 6.45) is 2.57. The fraction of sp³-hybridized carbons (Fsp3) is 0.462. The molecule has 5 N–H and O–H groups in total. The van der Waals surface area contributed by atoms with Crippen molar-refractivity contribution in [2.24, 2.45) is 0 Å². The number of anilines is 1. The minimum absolute atomic E-state index is 0.197. The number of carbonyl (C=O) groups excluding carboxylic acids is 1. The molecule has 18 heavy (non-hydrogen) atoms. The van der Waals surface area contributed by atoms with Crippen LogP contribution in [0.25, 0.3) is 0 Å². The van der Waals surface area contributed by atoms with Gasteiger partial charge in [0.1, 0.15) is 0 Å². The Bertz CT molecular complexity index is 401. The zero-order chi connectivity index (χ0) is 13.0. The molecule has 0 heterocycles. The number of aliphatic hydroxyl groups excluding tert-OH is 1. The Morgan fingerprint density at radius 1 is 1.39 bits per heavy atom. The molecular weight excluding hydrogens is 230 g/mol. The fourth-order valence-corrected chi connectivity index (χ4v) is 1.81. The van der Waals surface area contributed by atoms with Gasteiger partial charge in [-0.05, 0) is 37.0 Å². The highest BCUT2D eigenvalue weighted by Gasteiger charge is 2.19. The van der Waals surface area contributed by atoms with Gasteiger partial charge in [-0.15, -0.1) is 0 Å². The summed E-state index contributed by atoms with van der Waals surface area (Å²) in [4.78, 5) is 11.5. The van der Waals surface area contributed by atoms with Gasteiger partial charge >= 0.3 is 6.03 Å². The minimum Gasteiger partial charge on any atom is -0.399 e. The average molecular weight is 249 g/mol. The average Bonchev–Trinajstić information content (AvgIpc) is 2.32. The van der Waals surface area contributed by atoms with E-state index in [9.17, 15) is 9.90 Å². The molecule has 1 saturated carbocycles. The number of nitrogens with one attached hydrogen (secondary N) is 2. The third kappa shape index (κ3) is 3.37. The number of hydrogen-bond donors (Lipinski definition) is 4. The zero-order valence-corrected chi connectivity index (χ0v) is 10.2. The molecule has 0 saturated heterocycles. The molecule has 5 nitrogen and oxygen atoms in total. The summed E-state index contributed by atoms with van der Waals surface area (Å²) in [5.74, 6) is 0. The van der Waals surface area contributed by atoms with Crippen molar-refractivity contribution in [3.8, 4) is 0 Å². The Kier molecular flexibility index (Phi) is 4.04. The number of rotatable bonds is 4. The molecule has 0 aromatic heterocycles. The second kappa shape index (κ2) is 5.73. The largest absolute Gasteiger partial charge is 0.399 e. The van der Waals surface area contributed by atoms with E-state index in [0.29, 0.717) is 11.7 Å². The number of hydrogen-bond acceptors (Lipinski definition) is 3. The molecule has 1 aliphatic carbocycles. The molecule has 0 spiro atoms. The van der Waals surface area contributed by atoms with Crippen LogP contribution in [-0.2, 0) is 0 Å². The van der Waals surface area contributed by atoms with Gasteiger partial charge in [0.15, 0.2) is 0 Å². The first-order valence-corrected chi connectivity index (χ1v) is 6.23. The van der Waals surface area contributed by atoms with Gasteiger partial charge in [-0.25, -0.2) is 4.79 Å². The third-order valence-electron chi connectivity index (χ3n) is 3.22. The number of benzene rings is 1. The monoisotopic (exact) mass is 249 g/mol. The minimum atomic E-state index is -0.710. The molecule has 1 aliphatic rings. The standard InChI is InChI=1S/C13H19N3O2/c14-10-6-4-9(5-7-10)12(17)8-15-13(18)16-11-2-1-3-11/h4-7,11-12,17H,1-3,8,14H2,(H2,15,16,18). The van der Waals surface area contributed by atoms with Gasteiger partial charge in [-0.3, -0.25) is 0 Å². The number of urea groups is 1. The topological polar surface area (TPSA) is 87.4 Å². The number of amides is 2. The molecule has 1 aromatic rings. The molecule has 2 rings (SSSR count). The van der Waals surface area contributed by atoms with Crippen LogP contribution in [0.5, 0.6) is 0 Å². The lowest BCUT2D eigenvalue weighted by atomic mass is 9.93. The summed E-state index contributed by atoms with van der Waals surface area (Å²) in [5.41, 5.74) is 6.96. The Hall–Kier alpha value is -1.75. The number of aliphatic hydroxyl groups is 1. The lowest BCUT2D eigenvalue weighted by molar-refractivity contribution is 0.171. The SMILES string of the molecule is Nc1ccc(C(O)CNC(=O)NC2CCC2)cc1. The van der Waals surface area contributed by atoms with Crippen LogP contribution < -0.4 is 16.4 Å². The maximum atomic E-state index is 11.5. The Morgan fingerprint density at radius 2 is 2.06 bits per heavy atom. The first-order chi connectivity index (χ1) is 8.65. The second-order valence-corrected chi connectivity index (χ2v) is 4.66. The molecule has 1 atom stereocenters. The Labute approximate surface area is 106 Å². The molecular formula is C13H19N3O2. The van der Waals surface area contributed by atoms with Gasteiger partial charge in [0.05, 0.1) is 6.10 Å². The van der Waals surface area contributed by atoms with Crippen LogP contribution in [0.1, 0.15) is 30.9 Å². The predicted octanol–water partition coefficient (Wildman–Crippen LogP) is 1.15. The van der Waals surface area contributed by atoms with E-state index in [2.05, 4.69) is 10.6 Å². The lowest BCUT2D eigenvalue weighted by Crippen LogP contribution is -2.46. The number of nitrogens with two attached hydrogens (primary N) is 1. The van der Waals surface area contributed by atoms with Crippen LogP contribution in [-0.4, -0.2) is 23.7 Å². The van der Waals surface area contributed by atoms with Crippen molar-refractivity contribution < 1.29 is 9.90 Å². The highest BCUT2D eigenvalue weighted by molar-refractivity contribution is 5.74. The third-order valence-corrected chi connectivity index (χ3v) is 3.22. The van der Waals surface area contributed by atoms with Crippen LogP contribution in [0.15, 0.2) is 24.3 Å². The smallest absolute Gasteiger partial charge is 0.315 e. The molecule has 0 radical (unpaired) electrons. The van der Waals surface area contributed by atoms with Crippen LogP contribution in [0.4, 0.5) is 10.5 Å². The highest BCUT2D eigenvalue weighted by atomic mass is 16.3. The lowest BCUT2D eigenvalue weighted by Gasteiger charge is -2.26. The van der Waals surface area contributed by atoms with Gasteiger partial charge < -0.3 is 21.5 Å². The maximum Gasteiger partial charge on any atom is 0.315 e. The molecule has 1 fully saturated rings. The quantitative estimate of drug-likeness (QED) is 0.604. The molecule has 1 aromatic carbocycles. The summed E-state index contributed by atoms with van der Waals surface area (Å²) in [6, 6.07) is 7.06. The van der Waals surface area contributed by atoms with Crippen molar-refractivity contribution in [2.75, 3.05) is 12.3 Å². The normalized spacial score (nSPS) is 16.7. The van der Waals surface area contributed by atoms with E-state index in [1.807, 2.05) is 0 Å². The summed E-state index contributed by atoms with van der Waals surface area (Å²) in [5, 5.41) is 15.4. The van der Waals surface area contributed by atoms with Gasteiger partial charge in [0.25, 0.3) is 0 Å². The van der Waals surface area contributed by atoms with E-state index in [1.165, 1.54) is 6.42 Å². The summed E-state index contributed by atoms with van der Waals surface area (Å²) in [6.45, 7) is 0.197. The highest BCUT2D eigenvalue weighted by Crippen LogP contribution is 2.18. The van der Waals surface area contributed by atoms with Crippen LogP contribution in [0, 0.1) is 0 Å². The predicted molar refractivity (Wildman–Crippen MR) is 70.0 cm³/mol. The molecule has 5 heteroatoms. The first-order valence-electron chi connectivity index (χ1n) is 6.23. The van der Waals surface area contributed by atoms with Crippen LogP contribution in [0.3, 0.4) is 0 Å². The molecule has 0 bridgehead atoms. The van der Waals surface area contributed by atoms with Crippen molar-refractivity contribution >= 4 is 11.7 Å². The van der Waals surface area contributed by atoms with E-state index in [4.69, 9.17) is 5.73 Å². The molecule has 98 valence electrons. The van der Waals surface area contributed by atoms with E-state index < -0.39 is 6.10 Å². The van der Waals surface area contributed by atoms with E-state index >= 15 is 0 Å². The second-order valence-electron chi connectivity index (χ2n) is 4.66. The molecule has 0 aliphatic heterocycles. The Balaban J connectivity index is 1.74. The van der Waals surface area contributed by atoms with Crippen molar-refractivity contribution in [3.05, 3.63) is 29.8 Å². The van der Waals surface area contributed by atoms with Crippen molar-refractivity contribution in [1.82, 2.24) is 10.6 Å². The summed E-state index contributed by atoms with van der Waals surface area (Å²) in [7, 11) is 0. The summed E-state index contributed by atoms with van der Waals surface area (Å²) < 4.78 is 0. The molecule has 1 unspecified atom stereocenters. The van der Waals surface area contributed by atoms with Gasteiger partial charge in [0, 0.05) is 18.3 Å².